The first-order chi connectivity index (χ1) is 36.2. The molecule has 4 spiro atoms. The molecule has 0 aliphatic heterocycles. The maximum atomic E-state index is 2.35. The standard InChI is InChI=1S/C38H68.C36H64/c1-3-5-7-9-11-31-13-17-33(18-14-31)35-21-25-37(26-22-35)29-38(30-37)27-23-36(24-28-38)34-19-15-32(16-20-34)12-10-8-6-4-2;1-3-5-7-9-29-11-15-31(16-12-29)33-19-23-35(24-20-33)27-36(28-35)25-21-34(22-26-36)32-17-13-30(14-18-32)10-8-6-4-2/h31-36H,3-30H2,1-2H3;29-34H,3-28H2,1-2H3. The summed E-state index contributed by atoms with van der Waals surface area (Å²) >= 11 is 0. The molecule has 0 saturated heterocycles. The van der Waals surface area contributed by atoms with E-state index < -0.39 is 0 Å². The van der Waals surface area contributed by atoms with E-state index in [1.807, 2.05) is 0 Å². The highest BCUT2D eigenvalue weighted by Crippen LogP contribution is 2.69. The van der Waals surface area contributed by atoms with E-state index in [1.54, 1.807) is 244 Å². The zero-order valence-electron chi connectivity index (χ0n) is 51.1. The molecule has 0 atom stereocenters. The summed E-state index contributed by atoms with van der Waals surface area (Å²) in [7, 11) is 0. The average Bonchev–Trinajstić information content (AvgIpc) is 3.42. The largest absolute Gasteiger partial charge is 0.0654 e. The van der Waals surface area contributed by atoms with Gasteiger partial charge in [-0.2, -0.15) is 0 Å². The molecule has 0 amide bonds. The molecule has 0 nitrogen and oxygen atoms in total. The van der Waals surface area contributed by atoms with Gasteiger partial charge in [-0.25, -0.2) is 0 Å². The van der Waals surface area contributed by atoms with E-state index in [2.05, 4.69) is 27.7 Å². The van der Waals surface area contributed by atoms with Crippen LogP contribution in [0.25, 0.3) is 0 Å². The van der Waals surface area contributed by atoms with Crippen LogP contribution in [0.15, 0.2) is 0 Å². The van der Waals surface area contributed by atoms with Crippen LogP contribution in [0.2, 0.25) is 0 Å². The molecular formula is C74H132. The highest BCUT2D eigenvalue weighted by Gasteiger charge is 2.57. The molecule has 0 radical (unpaired) electrons. The van der Waals surface area contributed by atoms with E-state index in [9.17, 15) is 0 Å². The lowest BCUT2D eigenvalue weighted by molar-refractivity contribution is -0.109. The Morgan fingerprint density at radius 1 is 0.203 bits per heavy atom. The second-order valence-electron chi connectivity index (χ2n) is 31.9. The van der Waals surface area contributed by atoms with E-state index in [4.69, 9.17) is 0 Å². The number of hydrogen-bond donors (Lipinski definition) is 0. The maximum absolute atomic E-state index is 2.35. The SMILES string of the molecule is CCCCCC1CCC(C2CCC3(CC2)CC2(CCC(C4CCC(CCCCC)CC4)CC2)C3)CC1.CCCCCCC1CCC(C2CCC3(CC2)CC2(CCC(C4CCC(CCCCCC)CC4)CC2)C3)CC1. The predicted molar refractivity (Wildman–Crippen MR) is 324 cm³/mol. The summed E-state index contributed by atoms with van der Waals surface area (Å²) in [6.45, 7) is 9.39. The van der Waals surface area contributed by atoms with E-state index in [1.165, 1.54) is 103 Å². The van der Waals surface area contributed by atoms with Crippen molar-refractivity contribution < 1.29 is 0 Å². The second-order valence-corrected chi connectivity index (χ2v) is 31.9. The normalized spacial score (nSPS) is 42.6. The molecule has 0 unspecified atom stereocenters. The Labute approximate surface area is 464 Å². The van der Waals surface area contributed by atoms with Gasteiger partial charge in [0.2, 0.25) is 0 Å². The van der Waals surface area contributed by atoms with Gasteiger partial charge in [-0.05, 0) is 272 Å². The second kappa shape index (κ2) is 29.1. The van der Waals surface area contributed by atoms with Crippen LogP contribution in [0.5, 0.6) is 0 Å². The van der Waals surface area contributed by atoms with Crippen molar-refractivity contribution in [2.45, 2.75) is 374 Å². The third-order valence-corrected chi connectivity index (χ3v) is 27.0. The van der Waals surface area contributed by atoms with Gasteiger partial charge in [0.05, 0.1) is 0 Å². The summed E-state index contributed by atoms with van der Waals surface area (Å²) in [5, 5.41) is 0. The zero-order chi connectivity index (χ0) is 51.1. The fraction of sp³-hybridized carbons (Fsp3) is 1.00. The van der Waals surface area contributed by atoms with E-state index in [0.29, 0.717) is 0 Å². The van der Waals surface area contributed by atoms with Crippen molar-refractivity contribution in [3.8, 4) is 0 Å². The molecule has 0 aromatic carbocycles. The number of unbranched alkanes of at least 4 members (excludes halogenated alkanes) is 10. The lowest BCUT2D eigenvalue weighted by atomic mass is 9.43. The third-order valence-electron chi connectivity index (χ3n) is 27.0. The molecule has 10 rings (SSSR count). The minimum absolute atomic E-state index is 0.815. The molecule has 0 aromatic rings. The fourth-order valence-corrected chi connectivity index (χ4v) is 22.3. The van der Waals surface area contributed by atoms with Gasteiger partial charge in [-0.1, -0.05) is 195 Å². The van der Waals surface area contributed by atoms with Gasteiger partial charge in [0, 0.05) is 0 Å². The van der Waals surface area contributed by atoms with Crippen LogP contribution in [0.1, 0.15) is 374 Å². The van der Waals surface area contributed by atoms with Crippen molar-refractivity contribution in [1.82, 2.24) is 0 Å². The fourth-order valence-electron chi connectivity index (χ4n) is 22.3. The third kappa shape index (κ3) is 16.1. The van der Waals surface area contributed by atoms with Crippen molar-refractivity contribution in [2.24, 2.45) is 92.7 Å². The molecular weight excluding hydrogens is 889 g/mol. The van der Waals surface area contributed by atoms with Gasteiger partial charge in [-0.3, -0.25) is 0 Å². The van der Waals surface area contributed by atoms with Crippen LogP contribution in [-0.2, 0) is 0 Å². The summed E-state index contributed by atoms with van der Waals surface area (Å²) < 4.78 is 0. The Balaban J connectivity index is 0.000000182. The monoisotopic (exact) mass is 1020 g/mol. The van der Waals surface area contributed by atoms with Crippen molar-refractivity contribution in [3.63, 3.8) is 0 Å². The molecule has 10 aliphatic rings. The molecule has 0 heterocycles. The molecule has 0 aromatic heterocycles. The summed E-state index contributed by atoms with van der Waals surface area (Å²) in [6, 6.07) is 0. The first-order valence-corrected chi connectivity index (χ1v) is 36.2. The van der Waals surface area contributed by atoms with E-state index in [-0.39, 0.29) is 0 Å². The number of hydrogen-bond acceptors (Lipinski definition) is 0. The van der Waals surface area contributed by atoms with Crippen molar-refractivity contribution in [2.75, 3.05) is 0 Å². The molecule has 428 valence electrons. The molecule has 0 bridgehead atoms. The van der Waals surface area contributed by atoms with Gasteiger partial charge >= 0.3 is 0 Å². The number of rotatable bonds is 22. The molecule has 10 saturated carbocycles. The average molecular weight is 1020 g/mol. The Morgan fingerprint density at radius 2 is 0.378 bits per heavy atom. The van der Waals surface area contributed by atoms with E-state index >= 15 is 0 Å². The Bertz CT molecular complexity index is 1360. The minimum atomic E-state index is 0.815. The van der Waals surface area contributed by atoms with Crippen LogP contribution >= 0.6 is 0 Å². The van der Waals surface area contributed by atoms with Crippen LogP contribution in [0.3, 0.4) is 0 Å². The van der Waals surface area contributed by atoms with Crippen molar-refractivity contribution >= 4 is 0 Å². The highest BCUT2D eigenvalue weighted by molar-refractivity contribution is 5.08. The molecule has 10 fully saturated rings. The van der Waals surface area contributed by atoms with Crippen LogP contribution in [0.4, 0.5) is 0 Å². The quantitative estimate of drug-likeness (QED) is 0.0948. The minimum Gasteiger partial charge on any atom is -0.0654 e. The highest BCUT2D eigenvalue weighted by atomic mass is 14.6. The van der Waals surface area contributed by atoms with E-state index in [0.717, 1.165) is 92.7 Å². The first-order valence-electron chi connectivity index (χ1n) is 36.2. The molecule has 0 heteroatoms. The lowest BCUT2D eigenvalue weighted by Gasteiger charge is -2.62. The Hall–Kier alpha value is 0. The lowest BCUT2D eigenvalue weighted by Crippen LogP contribution is -2.50. The zero-order valence-corrected chi connectivity index (χ0v) is 51.1. The van der Waals surface area contributed by atoms with Gasteiger partial charge in [-0.15, -0.1) is 0 Å². The van der Waals surface area contributed by atoms with Crippen LogP contribution < -0.4 is 0 Å². The predicted octanol–water partition coefficient (Wildman–Crippen LogP) is 24.6. The summed E-state index contributed by atoms with van der Waals surface area (Å²) in [5.41, 5.74) is 3.26. The summed E-state index contributed by atoms with van der Waals surface area (Å²) in [5.74, 6) is 13.2. The molecule has 0 N–H and O–H groups in total. The topological polar surface area (TPSA) is 0 Å². The van der Waals surface area contributed by atoms with Gasteiger partial charge < -0.3 is 0 Å². The molecule has 74 heavy (non-hydrogen) atoms. The first kappa shape index (κ1) is 58.6. The Morgan fingerprint density at radius 3 is 0.581 bits per heavy atom. The van der Waals surface area contributed by atoms with Crippen LogP contribution in [-0.4, -0.2) is 0 Å². The van der Waals surface area contributed by atoms with Crippen molar-refractivity contribution in [3.05, 3.63) is 0 Å². The smallest absolute Gasteiger partial charge is 0.0287 e. The Kier molecular flexibility index (Phi) is 23.1. The van der Waals surface area contributed by atoms with Crippen LogP contribution in [0, 0.1) is 92.7 Å². The summed E-state index contributed by atoms with van der Waals surface area (Å²) in [6.07, 6.45) is 84.1. The van der Waals surface area contributed by atoms with Gasteiger partial charge in [0.15, 0.2) is 0 Å². The molecule has 10 aliphatic carbocycles. The maximum Gasteiger partial charge on any atom is -0.0287 e. The van der Waals surface area contributed by atoms with Gasteiger partial charge in [0.25, 0.3) is 0 Å². The van der Waals surface area contributed by atoms with Gasteiger partial charge in [0.1, 0.15) is 0 Å². The summed E-state index contributed by atoms with van der Waals surface area (Å²) in [4.78, 5) is 0. The van der Waals surface area contributed by atoms with Crippen molar-refractivity contribution in [1.29, 1.82) is 0 Å².